The molecule has 0 spiro atoms. The summed E-state index contributed by atoms with van der Waals surface area (Å²) in [6.45, 7) is 3.09. The third kappa shape index (κ3) is 5.56. The van der Waals surface area contributed by atoms with Gasteiger partial charge in [-0.3, -0.25) is 9.59 Å². The fourth-order valence-electron chi connectivity index (χ4n) is 1.85. The summed E-state index contributed by atoms with van der Waals surface area (Å²) in [5.74, 6) is -2.32. The van der Waals surface area contributed by atoms with Gasteiger partial charge in [0, 0.05) is 13.8 Å². The number of nitrogens with zero attached hydrogens (tertiary/aromatic N) is 1. The van der Waals surface area contributed by atoms with Crippen LogP contribution in [0.3, 0.4) is 0 Å². The van der Waals surface area contributed by atoms with Crippen molar-refractivity contribution >= 4 is 62.3 Å². The van der Waals surface area contributed by atoms with Crippen LogP contribution in [-0.2, 0) is 29.1 Å². The minimum atomic E-state index is -4.37. The fourth-order valence-corrected chi connectivity index (χ4v) is 5.38. The average molecular weight is 431 g/mol. The van der Waals surface area contributed by atoms with Crippen molar-refractivity contribution in [3.8, 4) is 0 Å². The molecule has 1 rings (SSSR count). The van der Waals surface area contributed by atoms with Gasteiger partial charge in [0.1, 0.15) is 15.3 Å². The van der Waals surface area contributed by atoms with Crippen LogP contribution in [0.1, 0.15) is 20.8 Å². The highest BCUT2D eigenvalue weighted by Crippen LogP contribution is 2.35. The predicted molar refractivity (Wildman–Crippen MR) is 93.1 cm³/mol. The molecule has 2 amide bonds. The van der Waals surface area contributed by atoms with Crippen LogP contribution >= 0.6 is 34.5 Å². The van der Waals surface area contributed by atoms with E-state index in [4.69, 9.17) is 27.9 Å². The minimum Gasteiger partial charge on any atom is -0.464 e. The van der Waals surface area contributed by atoms with Crippen molar-refractivity contribution in [1.82, 2.24) is 9.62 Å². The largest absolute Gasteiger partial charge is 0.464 e. The van der Waals surface area contributed by atoms with Crippen LogP contribution in [0.4, 0.5) is 0 Å². The van der Waals surface area contributed by atoms with E-state index in [1.54, 1.807) is 6.92 Å². The number of carbonyl (C=O) groups excluding carboxylic acids is 3. The zero-order valence-corrected chi connectivity index (χ0v) is 16.7. The summed E-state index contributed by atoms with van der Waals surface area (Å²) in [7, 11) is -4.37. The number of thiophene rings is 1. The third-order valence-electron chi connectivity index (χ3n) is 2.84. The van der Waals surface area contributed by atoms with Crippen LogP contribution in [0.25, 0.3) is 0 Å². The summed E-state index contributed by atoms with van der Waals surface area (Å²) in [5, 5.41) is 2.26. The Balaban J connectivity index is 3.25. The highest BCUT2D eigenvalue weighted by Gasteiger charge is 2.35. The van der Waals surface area contributed by atoms with Gasteiger partial charge in [0.2, 0.25) is 11.8 Å². The Morgan fingerprint density at radius 1 is 1.32 bits per heavy atom. The van der Waals surface area contributed by atoms with E-state index in [1.165, 1.54) is 0 Å². The molecule has 0 aliphatic heterocycles. The van der Waals surface area contributed by atoms with Gasteiger partial charge in [0.25, 0.3) is 10.0 Å². The molecule has 1 N–H and O–H groups in total. The van der Waals surface area contributed by atoms with Gasteiger partial charge in [0.15, 0.2) is 0 Å². The molecule has 1 heterocycles. The van der Waals surface area contributed by atoms with Crippen LogP contribution in [-0.4, -0.2) is 49.7 Å². The van der Waals surface area contributed by atoms with Crippen molar-refractivity contribution in [3.05, 3.63) is 14.7 Å². The van der Waals surface area contributed by atoms with Gasteiger partial charge in [-0.1, -0.05) is 23.2 Å². The Bertz CT molecular complexity index is 777. The van der Waals surface area contributed by atoms with Crippen LogP contribution < -0.4 is 5.32 Å². The molecule has 1 unspecified atom stereocenters. The quantitative estimate of drug-likeness (QED) is 0.658. The monoisotopic (exact) mass is 430 g/mol. The summed E-state index contributed by atoms with van der Waals surface area (Å²) in [5.41, 5.74) is 0. The summed E-state index contributed by atoms with van der Waals surface area (Å²) in [6, 6.07) is -0.249. The number of hydrogen-bond acceptors (Lipinski definition) is 7. The summed E-state index contributed by atoms with van der Waals surface area (Å²) in [6.07, 6.45) is 0. The fraction of sp³-hybridized carbons (Fsp3) is 0.462. The van der Waals surface area contributed by atoms with Gasteiger partial charge in [-0.15, -0.1) is 11.3 Å². The van der Waals surface area contributed by atoms with Crippen LogP contribution in [0, 0.1) is 0 Å². The molecule has 140 valence electrons. The Hall–Kier alpha value is -1.36. The highest BCUT2D eigenvalue weighted by molar-refractivity contribution is 7.90. The van der Waals surface area contributed by atoms with Crippen molar-refractivity contribution in [2.75, 3.05) is 13.2 Å². The number of esters is 1. The Labute approximate surface area is 159 Å². The van der Waals surface area contributed by atoms with E-state index in [1.807, 2.05) is 0 Å². The van der Waals surface area contributed by atoms with Gasteiger partial charge in [-0.05, 0) is 13.0 Å². The van der Waals surface area contributed by atoms with Crippen molar-refractivity contribution in [2.24, 2.45) is 0 Å². The number of rotatable bonds is 7. The second kappa shape index (κ2) is 8.84. The first-order valence-electron chi connectivity index (χ1n) is 6.92. The molecular formula is C13H16Cl2N2O6S2. The van der Waals surface area contributed by atoms with E-state index in [0.29, 0.717) is 4.31 Å². The van der Waals surface area contributed by atoms with E-state index in [-0.39, 0.29) is 20.2 Å². The molecule has 8 nitrogen and oxygen atoms in total. The van der Waals surface area contributed by atoms with Gasteiger partial charge in [-0.25, -0.2) is 17.5 Å². The first kappa shape index (κ1) is 21.7. The normalized spacial score (nSPS) is 12.4. The SMILES string of the molecule is CCOC(=O)C(CN(C(C)=O)S(=O)(=O)c1cc(Cl)sc1Cl)NC(C)=O. The zero-order chi connectivity index (χ0) is 19.4. The molecule has 1 aromatic heterocycles. The summed E-state index contributed by atoms with van der Waals surface area (Å²) in [4.78, 5) is 34.8. The first-order chi connectivity index (χ1) is 11.5. The molecule has 1 aromatic rings. The molecule has 0 saturated carbocycles. The molecule has 1 atom stereocenters. The van der Waals surface area contributed by atoms with Gasteiger partial charge >= 0.3 is 5.97 Å². The van der Waals surface area contributed by atoms with E-state index < -0.39 is 40.4 Å². The molecule has 0 aliphatic carbocycles. The van der Waals surface area contributed by atoms with E-state index >= 15 is 0 Å². The van der Waals surface area contributed by atoms with E-state index in [9.17, 15) is 22.8 Å². The standard InChI is InChI=1S/C13H16Cl2N2O6S2/c1-4-23-13(20)9(16-7(2)18)6-17(8(3)19)25(21,22)10-5-11(14)24-12(10)15/h5,9H,4,6H2,1-3H3,(H,16,18). The molecule has 0 aromatic carbocycles. The topological polar surface area (TPSA) is 110 Å². The summed E-state index contributed by atoms with van der Waals surface area (Å²) >= 11 is 12.4. The number of carbonyl (C=O) groups is 3. The second-order valence-electron chi connectivity index (χ2n) is 4.75. The average Bonchev–Trinajstić information content (AvgIpc) is 2.82. The molecule has 0 fully saturated rings. The van der Waals surface area contributed by atoms with Gasteiger partial charge < -0.3 is 10.1 Å². The second-order valence-corrected chi connectivity index (χ2v) is 8.87. The van der Waals surface area contributed by atoms with E-state index in [0.717, 1.165) is 31.3 Å². The maximum atomic E-state index is 12.7. The smallest absolute Gasteiger partial charge is 0.330 e. The number of sulfonamides is 1. The van der Waals surface area contributed by atoms with Crippen molar-refractivity contribution in [3.63, 3.8) is 0 Å². The first-order valence-corrected chi connectivity index (χ1v) is 9.93. The Kier molecular flexibility index (Phi) is 7.66. The number of amides is 2. The Morgan fingerprint density at radius 2 is 1.92 bits per heavy atom. The lowest BCUT2D eigenvalue weighted by Crippen LogP contribution is -2.51. The molecule has 0 saturated heterocycles. The zero-order valence-electron chi connectivity index (χ0n) is 13.5. The molecule has 25 heavy (non-hydrogen) atoms. The van der Waals surface area contributed by atoms with Crippen LogP contribution in [0.2, 0.25) is 8.67 Å². The molecule has 0 radical (unpaired) electrons. The molecular weight excluding hydrogens is 415 g/mol. The number of ether oxygens (including phenoxy) is 1. The highest BCUT2D eigenvalue weighted by atomic mass is 35.5. The molecule has 0 bridgehead atoms. The van der Waals surface area contributed by atoms with Crippen LogP contribution in [0.15, 0.2) is 11.0 Å². The lowest BCUT2D eigenvalue weighted by molar-refractivity contribution is -0.147. The van der Waals surface area contributed by atoms with Crippen LogP contribution in [0.5, 0.6) is 0 Å². The number of nitrogens with one attached hydrogen (secondary N) is 1. The predicted octanol–water partition coefficient (Wildman–Crippen LogP) is 1.66. The molecule has 12 heteroatoms. The van der Waals surface area contributed by atoms with Gasteiger partial charge in [0.05, 0.1) is 17.5 Å². The lowest BCUT2D eigenvalue weighted by Gasteiger charge is -2.25. The molecule has 0 aliphatic rings. The minimum absolute atomic E-state index is 0.0215. The number of hydrogen-bond donors (Lipinski definition) is 1. The number of halogens is 2. The lowest BCUT2D eigenvalue weighted by atomic mass is 10.3. The summed E-state index contributed by atoms with van der Waals surface area (Å²) < 4.78 is 30.7. The van der Waals surface area contributed by atoms with E-state index in [2.05, 4.69) is 5.32 Å². The van der Waals surface area contributed by atoms with Crippen molar-refractivity contribution in [1.29, 1.82) is 0 Å². The Morgan fingerprint density at radius 3 is 2.32 bits per heavy atom. The van der Waals surface area contributed by atoms with Gasteiger partial charge in [-0.2, -0.15) is 0 Å². The third-order valence-corrected chi connectivity index (χ3v) is 6.43. The van der Waals surface area contributed by atoms with Crippen molar-refractivity contribution in [2.45, 2.75) is 31.7 Å². The maximum Gasteiger partial charge on any atom is 0.330 e. The maximum absolute atomic E-state index is 12.7. The van der Waals surface area contributed by atoms with Crippen molar-refractivity contribution < 1.29 is 27.5 Å².